The molecule has 2 nitrogen and oxygen atoms in total. The number of benzene rings is 1. The smallest absolute Gasteiger partial charge is 0.334 e. The monoisotopic (exact) mass is 203 g/mol. The molecule has 0 saturated heterocycles. The van der Waals surface area contributed by atoms with Gasteiger partial charge in [0.25, 0.3) is 0 Å². The van der Waals surface area contributed by atoms with Crippen LogP contribution in [-0.4, -0.2) is 12.6 Å². The summed E-state index contributed by atoms with van der Waals surface area (Å²) in [6.07, 6.45) is 1.42. The largest absolute Gasteiger partial charge is 0.463 e. The zero-order chi connectivity index (χ0) is 11.5. The van der Waals surface area contributed by atoms with Gasteiger partial charge in [-0.05, 0) is 36.9 Å². The number of fused-ring (bicyclic) bond motifs is 1. The van der Waals surface area contributed by atoms with Gasteiger partial charge in [0.05, 0.1) is 7.98 Å². The van der Waals surface area contributed by atoms with E-state index < -0.39 is 0 Å². The van der Waals surface area contributed by atoms with Crippen LogP contribution >= 0.6 is 0 Å². The molecule has 0 atom stereocenters. The molecule has 78 valence electrons. The normalized spacial score (nSPS) is 15.7. The van der Waals surface area contributed by atoms with Crippen LogP contribution in [0.3, 0.4) is 0 Å². The standard InChI is InChI=1S/C13H14O2/c1-2-15-13(14)12-8-7-10-5-3-4-6-11(10)9-12/h3-6,9H,2,7-8H2,1H3/i9D. The number of hydrogen-bond donors (Lipinski definition) is 0. The fourth-order valence-corrected chi connectivity index (χ4v) is 1.72. The van der Waals surface area contributed by atoms with Gasteiger partial charge in [-0.1, -0.05) is 24.3 Å². The Morgan fingerprint density at radius 3 is 3.07 bits per heavy atom. The molecule has 0 aliphatic heterocycles. The van der Waals surface area contributed by atoms with Gasteiger partial charge in [0.2, 0.25) is 0 Å². The van der Waals surface area contributed by atoms with Crippen LogP contribution in [0.4, 0.5) is 0 Å². The van der Waals surface area contributed by atoms with E-state index in [0.29, 0.717) is 24.7 Å². The van der Waals surface area contributed by atoms with Crippen molar-refractivity contribution in [3.05, 3.63) is 41.0 Å². The second-order valence-electron chi connectivity index (χ2n) is 3.48. The third kappa shape index (κ3) is 2.09. The van der Waals surface area contributed by atoms with Gasteiger partial charge in [0.1, 0.15) is 0 Å². The average Bonchev–Trinajstić information content (AvgIpc) is 2.30. The number of ether oxygens (including phenoxy) is 1. The molecule has 1 aliphatic rings. The lowest BCUT2D eigenvalue weighted by Crippen LogP contribution is -2.11. The van der Waals surface area contributed by atoms with Crippen LogP contribution in [-0.2, 0) is 16.0 Å². The number of rotatable bonds is 2. The fourth-order valence-electron chi connectivity index (χ4n) is 1.72. The van der Waals surface area contributed by atoms with Gasteiger partial charge in [0, 0.05) is 5.57 Å². The topological polar surface area (TPSA) is 26.3 Å². The molecule has 15 heavy (non-hydrogen) atoms. The Kier molecular flexibility index (Phi) is 2.50. The quantitative estimate of drug-likeness (QED) is 0.690. The third-order valence-electron chi connectivity index (χ3n) is 2.47. The molecule has 0 unspecified atom stereocenters. The molecule has 0 fully saturated rings. The van der Waals surface area contributed by atoms with Crippen LogP contribution in [0.1, 0.15) is 25.8 Å². The number of carbonyl (C=O) groups is 1. The summed E-state index contributed by atoms with van der Waals surface area (Å²) >= 11 is 0. The Balaban J connectivity index is 2.39. The summed E-state index contributed by atoms with van der Waals surface area (Å²) in [6.45, 7) is 2.14. The van der Waals surface area contributed by atoms with Crippen molar-refractivity contribution in [3.63, 3.8) is 0 Å². The highest BCUT2D eigenvalue weighted by Gasteiger charge is 2.16. The summed E-state index contributed by atoms with van der Waals surface area (Å²) in [5, 5.41) is 0. The molecular formula is C13H14O2. The van der Waals surface area contributed by atoms with Crippen LogP contribution < -0.4 is 0 Å². The van der Waals surface area contributed by atoms with Crippen molar-refractivity contribution in [2.24, 2.45) is 0 Å². The van der Waals surface area contributed by atoms with Gasteiger partial charge in [-0.2, -0.15) is 0 Å². The third-order valence-corrected chi connectivity index (χ3v) is 2.47. The van der Waals surface area contributed by atoms with Crippen molar-refractivity contribution in [1.29, 1.82) is 0 Å². The SMILES string of the molecule is [2H]C1=C(C(=O)OCC)CCc2ccccc21. The van der Waals surface area contributed by atoms with Crippen molar-refractivity contribution >= 4 is 12.0 Å². The Morgan fingerprint density at radius 1 is 1.47 bits per heavy atom. The van der Waals surface area contributed by atoms with Crippen molar-refractivity contribution in [3.8, 4) is 0 Å². The molecule has 0 heterocycles. The fraction of sp³-hybridized carbons (Fsp3) is 0.308. The molecule has 0 amide bonds. The lowest BCUT2D eigenvalue weighted by molar-refractivity contribution is -0.138. The Hall–Kier alpha value is -1.57. The molecule has 1 aromatic carbocycles. The summed E-state index contributed by atoms with van der Waals surface area (Å²) in [4.78, 5) is 11.6. The van der Waals surface area contributed by atoms with Crippen molar-refractivity contribution in [2.45, 2.75) is 19.8 Å². The lowest BCUT2D eigenvalue weighted by atomic mass is 9.92. The minimum absolute atomic E-state index is 0.320. The molecule has 0 N–H and O–H groups in total. The van der Waals surface area contributed by atoms with Crippen LogP contribution in [0, 0.1) is 0 Å². The molecule has 1 aliphatic carbocycles. The molecule has 2 heteroatoms. The average molecular weight is 203 g/mol. The maximum Gasteiger partial charge on any atom is 0.334 e. The Labute approximate surface area is 91.0 Å². The molecule has 0 spiro atoms. The maximum atomic E-state index is 11.6. The number of carbonyl (C=O) groups excluding carboxylic acids is 1. The second-order valence-corrected chi connectivity index (χ2v) is 3.48. The van der Waals surface area contributed by atoms with Crippen molar-refractivity contribution in [1.82, 2.24) is 0 Å². The van der Waals surface area contributed by atoms with Crippen LogP contribution in [0.15, 0.2) is 29.8 Å². The van der Waals surface area contributed by atoms with E-state index in [1.165, 1.54) is 0 Å². The summed E-state index contributed by atoms with van der Waals surface area (Å²) in [5.41, 5.74) is 2.50. The minimum atomic E-state index is -0.345. The molecule has 0 aromatic heterocycles. The summed E-state index contributed by atoms with van der Waals surface area (Å²) < 4.78 is 12.9. The van der Waals surface area contributed by atoms with Crippen molar-refractivity contribution in [2.75, 3.05) is 6.61 Å². The van der Waals surface area contributed by atoms with Crippen LogP contribution in [0.25, 0.3) is 6.05 Å². The first-order chi connectivity index (χ1) is 7.74. The summed E-state index contributed by atoms with van der Waals surface area (Å²) in [7, 11) is 0. The first kappa shape index (κ1) is 8.72. The van der Waals surface area contributed by atoms with Gasteiger partial charge in [0.15, 0.2) is 0 Å². The molecule has 0 saturated carbocycles. The number of aryl methyl sites for hydroxylation is 1. The van der Waals surface area contributed by atoms with Gasteiger partial charge < -0.3 is 4.74 Å². The van der Waals surface area contributed by atoms with Crippen molar-refractivity contribution < 1.29 is 10.9 Å². The van der Waals surface area contributed by atoms with Gasteiger partial charge in [-0.25, -0.2) is 4.79 Å². The molecule has 0 bridgehead atoms. The molecule has 1 aromatic rings. The Bertz CT molecular complexity index is 449. The number of hydrogen-bond acceptors (Lipinski definition) is 2. The zero-order valence-corrected chi connectivity index (χ0v) is 8.75. The minimum Gasteiger partial charge on any atom is -0.463 e. The lowest BCUT2D eigenvalue weighted by Gasteiger charge is -2.14. The van der Waals surface area contributed by atoms with Gasteiger partial charge in [-0.3, -0.25) is 0 Å². The molecular weight excluding hydrogens is 188 g/mol. The second kappa shape index (κ2) is 4.30. The van der Waals surface area contributed by atoms with E-state index in [2.05, 4.69) is 0 Å². The van der Waals surface area contributed by atoms with E-state index in [1.54, 1.807) is 6.92 Å². The van der Waals surface area contributed by atoms with E-state index in [1.807, 2.05) is 24.3 Å². The van der Waals surface area contributed by atoms with Crippen LogP contribution in [0.5, 0.6) is 0 Å². The van der Waals surface area contributed by atoms with E-state index >= 15 is 0 Å². The van der Waals surface area contributed by atoms with E-state index in [0.717, 1.165) is 17.5 Å². The van der Waals surface area contributed by atoms with Gasteiger partial charge in [-0.15, -0.1) is 0 Å². The number of esters is 1. The molecule has 2 rings (SSSR count). The molecule has 0 radical (unpaired) electrons. The Morgan fingerprint density at radius 2 is 2.27 bits per heavy atom. The van der Waals surface area contributed by atoms with E-state index in [-0.39, 0.29) is 5.97 Å². The van der Waals surface area contributed by atoms with E-state index in [9.17, 15) is 4.79 Å². The van der Waals surface area contributed by atoms with Crippen LogP contribution in [0.2, 0.25) is 0 Å². The summed E-state index contributed by atoms with van der Waals surface area (Å²) in [6, 6.07) is 8.06. The first-order valence-corrected chi connectivity index (χ1v) is 5.19. The van der Waals surface area contributed by atoms with E-state index in [4.69, 9.17) is 6.11 Å². The highest BCUT2D eigenvalue weighted by molar-refractivity contribution is 5.94. The summed E-state index contributed by atoms with van der Waals surface area (Å²) in [5.74, 6) is -0.345. The highest BCUT2D eigenvalue weighted by atomic mass is 16.5. The zero-order valence-electron chi connectivity index (χ0n) is 9.75. The predicted molar refractivity (Wildman–Crippen MR) is 59.4 cm³/mol. The maximum absolute atomic E-state index is 11.6. The predicted octanol–water partition coefficient (Wildman–Crippen LogP) is 2.58. The van der Waals surface area contributed by atoms with Gasteiger partial charge >= 0.3 is 5.97 Å². The first-order valence-electron chi connectivity index (χ1n) is 5.69. The highest BCUT2D eigenvalue weighted by Crippen LogP contribution is 2.24.